The number of aromatic amines is 1. The van der Waals surface area contributed by atoms with Crippen molar-refractivity contribution in [2.75, 3.05) is 26.9 Å². The number of nitrogens with zero attached hydrogens (tertiary/aromatic N) is 3. The normalized spacial score (nSPS) is 15.9. The number of halogens is 1. The van der Waals surface area contributed by atoms with Crippen LogP contribution in [0.4, 0.5) is 0 Å². The summed E-state index contributed by atoms with van der Waals surface area (Å²) >= 11 is 0. The van der Waals surface area contributed by atoms with Gasteiger partial charge in [0.25, 0.3) is 0 Å². The lowest BCUT2D eigenvalue weighted by Crippen LogP contribution is -2.36. The minimum Gasteiger partial charge on any atom is -0.493 e. The van der Waals surface area contributed by atoms with Crippen molar-refractivity contribution in [1.29, 1.82) is 0 Å². The first kappa shape index (κ1) is 24.1. The number of ether oxygens (including phenoxy) is 2. The molecule has 1 aliphatic rings. The molecule has 1 unspecified atom stereocenters. The average molecular weight is 552 g/mol. The fourth-order valence-corrected chi connectivity index (χ4v) is 3.32. The first-order valence-corrected chi connectivity index (χ1v) is 10.4. The number of aliphatic imine (C=N–C) groups is 1. The van der Waals surface area contributed by atoms with Crippen LogP contribution in [-0.4, -0.2) is 48.0 Å². The van der Waals surface area contributed by atoms with Gasteiger partial charge in [-0.25, -0.2) is 4.98 Å². The number of benzene rings is 1. The molecule has 9 nitrogen and oxygen atoms in total. The zero-order valence-corrected chi connectivity index (χ0v) is 20.6. The van der Waals surface area contributed by atoms with Crippen molar-refractivity contribution in [3.05, 3.63) is 53.5 Å². The van der Waals surface area contributed by atoms with Crippen LogP contribution >= 0.6 is 24.0 Å². The summed E-state index contributed by atoms with van der Waals surface area (Å²) < 4.78 is 16.9. The number of aryl methyl sites for hydroxylation is 1. The van der Waals surface area contributed by atoms with Gasteiger partial charge in [0.05, 0.1) is 26.0 Å². The molecular weight excluding hydrogens is 523 g/mol. The molecular formula is C22H29IN6O3. The molecule has 0 saturated carbocycles. The smallest absolute Gasteiger partial charge is 0.216 e. The summed E-state index contributed by atoms with van der Waals surface area (Å²) in [4.78, 5) is 8.71. The van der Waals surface area contributed by atoms with Crippen molar-refractivity contribution in [2.45, 2.75) is 26.4 Å². The number of hydrogen-bond donors (Lipinski definition) is 3. The molecule has 3 aromatic rings. The highest BCUT2D eigenvalue weighted by Crippen LogP contribution is 2.22. The van der Waals surface area contributed by atoms with Crippen LogP contribution in [-0.2, 0) is 17.8 Å². The largest absolute Gasteiger partial charge is 0.493 e. The molecule has 1 saturated heterocycles. The first-order valence-electron chi connectivity index (χ1n) is 10.4. The third-order valence-corrected chi connectivity index (χ3v) is 5.09. The van der Waals surface area contributed by atoms with Gasteiger partial charge >= 0.3 is 0 Å². The van der Waals surface area contributed by atoms with Gasteiger partial charge < -0.3 is 24.5 Å². The second-order valence-electron chi connectivity index (χ2n) is 7.51. The zero-order valence-electron chi connectivity index (χ0n) is 18.3. The van der Waals surface area contributed by atoms with E-state index in [9.17, 15) is 0 Å². The van der Waals surface area contributed by atoms with Gasteiger partial charge in [-0.05, 0) is 37.1 Å². The second-order valence-corrected chi connectivity index (χ2v) is 7.51. The molecule has 10 heteroatoms. The van der Waals surface area contributed by atoms with Gasteiger partial charge in [0.2, 0.25) is 5.82 Å². The molecule has 172 valence electrons. The van der Waals surface area contributed by atoms with E-state index in [4.69, 9.17) is 13.9 Å². The van der Waals surface area contributed by atoms with E-state index >= 15 is 0 Å². The average Bonchev–Trinajstić information content (AvgIpc) is 3.55. The predicted octanol–water partition coefficient (Wildman–Crippen LogP) is 3.27. The van der Waals surface area contributed by atoms with Crippen molar-refractivity contribution in [2.24, 2.45) is 10.9 Å². The Labute approximate surface area is 204 Å². The molecule has 0 amide bonds. The van der Waals surface area contributed by atoms with Gasteiger partial charge in [-0.3, -0.25) is 10.1 Å². The maximum atomic E-state index is 6.12. The lowest BCUT2D eigenvalue weighted by Gasteiger charge is -2.16. The Bertz CT molecular complexity index is 999. The topological polar surface area (TPSA) is 110 Å². The van der Waals surface area contributed by atoms with Crippen LogP contribution < -0.4 is 15.4 Å². The van der Waals surface area contributed by atoms with Crippen LogP contribution in [0, 0.1) is 12.8 Å². The quantitative estimate of drug-likeness (QED) is 0.224. The summed E-state index contributed by atoms with van der Waals surface area (Å²) in [5, 5.41) is 13.7. The lowest BCUT2D eigenvalue weighted by molar-refractivity contribution is 0.166. The van der Waals surface area contributed by atoms with Crippen LogP contribution in [0.2, 0.25) is 0 Å². The molecule has 1 aliphatic heterocycles. The van der Waals surface area contributed by atoms with Gasteiger partial charge in [0.1, 0.15) is 11.6 Å². The molecule has 3 N–H and O–H groups in total. The summed E-state index contributed by atoms with van der Waals surface area (Å²) in [6.45, 7) is 5.38. The van der Waals surface area contributed by atoms with Crippen molar-refractivity contribution >= 4 is 29.9 Å². The highest BCUT2D eigenvalue weighted by atomic mass is 127. The Morgan fingerprint density at radius 1 is 1.28 bits per heavy atom. The Kier molecular flexibility index (Phi) is 8.91. The number of rotatable bonds is 8. The highest BCUT2D eigenvalue weighted by Gasteiger charge is 2.17. The van der Waals surface area contributed by atoms with Crippen LogP contribution in [0.15, 0.2) is 46.0 Å². The lowest BCUT2D eigenvalue weighted by atomic mass is 10.1. The Morgan fingerprint density at radius 2 is 2.16 bits per heavy atom. The standard InChI is InChI=1S/C22H28N6O3.HI/c1-15-5-6-17(19(10-15)31-14-16-7-9-29-13-16)11-24-22(23-2)25-12-20-26-21(28-27-20)18-4-3-8-30-18;/h3-6,8,10,16H,7,9,11-14H2,1-2H3,(H2,23,24,25)(H,26,27,28);1H. The van der Waals surface area contributed by atoms with E-state index in [-0.39, 0.29) is 24.0 Å². The van der Waals surface area contributed by atoms with Crippen molar-refractivity contribution in [1.82, 2.24) is 25.8 Å². The third kappa shape index (κ3) is 6.45. The number of guanidine groups is 1. The number of nitrogens with one attached hydrogen (secondary N) is 3. The van der Waals surface area contributed by atoms with E-state index in [1.807, 2.05) is 6.07 Å². The van der Waals surface area contributed by atoms with E-state index in [1.54, 1.807) is 19.4 Å². The van der Waals surface area contributed by atoms with Gasteiger partial charge in [0.15, 0.2) is 11.7 Å². The molecule has 1 aromatic carbocycles. The SMILES string of the molecule is CN=C(NCc1nc(-c2ccco2)n[nH]1)NCc1ccc(C)cc1OCC1CCOC1.I. The molecule has 0 radical (unpaired) electrons. The molecule has 32 heavy (non-hydrogen) atoms. The van der Waals surface area contributed by atoms with E-state index in [0.29, 0.717) is 49.0 Å². The summed E-state index contributed by atoms with van der Waals surface area (Å²) in [6, 6.07) is 9.88. The maximum absolute atomic E-state index is 6.12. The summed E-state index contributed by atoms with van der Waals surface area (Å²) in [6.07, 6.45) is 2.65. The van der Waals surface area contributed by atoms with Crippen molar-refractivity contribution in [3.63, 3.8) is 0 Å². The van der Waals surface area contributed by atoms with Crippen LogP contribution in [0.3, 0.4) is 0 Å². The summed E-state index contributed by atoms with van der Waals surface area (Å²) in [7, 11) is 1.73. The first-order chi connectivity index (χ1) is 15.2. The number of furan rings is 1. The molecule has 2 aromatic heterocycles. The molecule has 0 spiro atoms. The van der Waals surface area contributed by atoms with Crippen molar-refractivity contribution < 1.29 is 13.9 Å². The van der Waals surface area contributed by atoms with Gasteiger partial charge in [-0.1, -0.05) is 12.1 Å². The molecule has 1 atom stereocenters. The molecule has 1 fully saturated rings. The van der Waals surface area contributed by atoms with E-state index in [1.165, 1.54) is 5.56 Å². The molecule has 4 rings (SSSR count). The van der Waals surface area contributed by atoms with Gasteiger partial charge in [-0.2, -0.15) is 0 Å². The van der Waals surface area contributed by atoms with Gasteiger partial charge in [-0.15, -0.1) is 29.1 Å². The highest BCUT2D eigenvalue weighted by molar-refractivity contribution is 14.0. The van der Waals surface area contributed by atoms with E-state index < -0.39 is 0 Å². The number of H-pyrrole nitrogens is 1. The Morgan fingerprint density at radius 3 is 2.91 bits per heavy atom. The van der Waals surface area contributed by atoms with Crippen molar-refractivity contribution in [3.8, 4) is 17.3 Å². The van der Waals surface area contributed by atoms with Crippen LogP contribution in [0.25, 0.3) is 11.6 Å². The molecule has 0 bridgehead atoms. The number of hydrogen-bond acceptors (Lipinski definition) is 6. The monoisotopic (exact) mass is 552 g/mol. The second kappa shape index (κ2) is 11.9. The predicted molar refractivity (Wildman–Crippen MR) is 132 cm³/mol. The molecule has 0 aliphatic carbocycles. The van der Waals surface area contributed by atoms with Crippen LogP contribution in [0.5, 0.6) is 5.75 Å². The maximum Gasteiger partial charge on any atom is 0.216 e. The fraction of sp³-hybridized carbons (Fsp3) is 0.409. The summed E-state index contributed by atoms with van der Waals surface area (Å²) in [5.74, 6) is 3.86. The minimum absolute atomic E-state index is 0. The third-order valence-electron chi connectivity index (χ3n) is 5.09. The van der Waals surface area contributed by atoms with E-state index in [2.05, 4.69) is 55.9 Å². The van der Waals surface area contributed by atoms with Gasteiger partial charge in [0, 0.05) is 31.7 Å². The fourth-order valence-electron chi connectivity index (χ4n) is 3.32. The van der Waals surface area contributed by atoms with E-state index in [0.717, 1.165) is 30.9 Å². The Hall–Kier alpha value is -2.60. The molecule has 3 heterocycles. The summed E-state index contributed by atoms with van der Waals surface area (Å²) in [5.41, 5.74) is 2.24. The number of aromatic nitrogens is 3. The Balaban J connectivity index is 0.00000289. The van der Waals surface area contributed by atoms with Crippen LogP contribution in [0.1, 0.15) is 23.4 Å². The zero-order chi connectivity index (χ0) is 21.5. The minimum atomic E-state index is 0.